The maximum Gasteiger partial charge on any atom is 0.349 e. The van der Waals surface area contributed by atoms with E-state index in [0.717, 1.165) is 23.1 Å². The van der Waals surface area contributed by atoms with Crippen molar-refractivity contribution in [3.05, 3.63) is 58.3 Å². The molecule has 0 fully saturated rings. The van der Waals surface area contributed by atoms with E-state index in [0.29, 0.717) is 34.7 Å². The minimum atomic E-state index is -1.15. The van der Waals surface area contributed by atoms with E-state index in [1.54, 1.807) is 30.3 Å². The van der Waals surface area contributed by atoms with Gasteiger partial charge in [0.25, 0.3) is 0 Å². The zero-order chi connectivity index (χ0) is 18.7. The van der Waals surface area contributed by atoms with Gasteiger partial charge in [-0.25, -0.2) is 4.79 Å². The van der Waals surface area contributed by atoms with E-state index < -0.39 is 12.1 Å². The fourth-order valence-electron chi connectivity index (χ4n) is 3.01. The highest BCUT2D eigenvalue weighted by molar-refractivity contribution is 6.33. The van der Waals surface area contributed by atoms with Crippen LogP contribution in [0.4, 0.5) is 0 Å². The smallest absolute Gasteiger partial charge is 0.349 e. The van der Waals surface area contributed by atoms with Crippen molar-refractivity contribution in [2.24, 2.45) is 0 Å². The average molecular weight is 374 g/mol. The van der Waals surface area contributed by atoms with Gasteiger partial charge in [0.05, 0.1) is 5.02 Å². The van der Waals surface area contributed by atoms with Gasteiger partial charge in [-0.3, -0.25) is 0 Å². The van der Waals surface area contributed by atoms with Crippen LogP contribution in [-0.4, -0.2) is 16.2 Å². The Labute approximate surface area is 156 Å². The fourth-order valence-corrected chi connectivity index (χ4v) is 3.28. The van der Waals surface area contributed by atoms with Gasteiger partial charge in [-0.05, 0) is 12.5 Å². The third-order valence-electron chi connectivity index (χ3n) is 4.23. The number of hydrogen-bond acceptors (Lipinski definition) is 4. The molecule has 2 aromatic carbocycles. The topological polar surface area (TPSA) is 72.6 Å². The van der Waals surface area contributed by atoms with E-state index >= 15 is 0 Å². The average Bonchev–Trinajstić information content (AvgIpc) is 3.04. The molecule has 0 aliphatic rings. The first-order valence-corrected chi connectivity index (χ1v) is 8.98. The van der Waals surface area contributed by atoms with Crippen molar-refractivity contribution < 1.29 is 19.2 Å². The number of carbonyl (C=O) groups is 1. The molecule has 26 heavy (non-hydrogen) atoms. The lowest BCUT2D eigenvalue weighted by Gasteiger charge is -2.19. The molecular weight excluding hydrogens is 354 g/mol. The molecule has 6 heteroatoms. The van der Waals surface area contributed by atoms with Gasteiger partial charge in [-0.1, -0.05) is 67.4 Å². The second-order valence-electron chi connectivity index (χ2n) is 6.02. The molecule has 0 radical (unpaired) electrons. The van der Waals surface area contributed by atoms with Gasteiger partial charge in [-0.2, -0.15) is 0 Å². The largest absolute Gasteiger partial charge is 0.478 e. The number of fused-ring (bicyclic) bond motifs is 1. The van der Waals surface area contributed by atoms with Gasteiger partial charge in [0, 0.05) is 22.9 Å². The molecule has 1 heterocycles. The van der Waals surface area contributed by atoms with Gasteiger partial charge >= 0.3 is 5.97 Å². The number of benzene rings is 2. The lowest BCUT2D eigenvalue weighted by molar-refractivity contribution is -0.145. The van der Waals surface area contributed by atoms with Crippen LogP contribution in [0.3, 0.4) is 0 Å². The first kappa shape index (κ1) is 18.3. The molecule has 0 saturated heterocycles. The lowest BCUT2D eigenvalue weighted by atomic mass is 10.0. The van der Waals surface area contributed by atoms with Crippen molar-refractivity contribution in [3.8, 4) is 5.75 Å². The molecule has 136 valence electrons. The van der Waals surface area contributed by atoms with Crippen LogP contribution in [0.15, 0.2) is 40.9 Å². The number of nitrogens with zero attached hydrogens (tertiary/aromatic N) is 1. The van der Waals surface area contributed by atoms with E-state index in [2.05, 4.69) is 5.16 Å². The van der Waals surface area contributed by atoms with Crippen molar-refractivity contribution in [2.45, 2.75) is 39.2 Å². The second kappa shape index (κ2) is 7.79. The molecule has 5 nitrogen and oxygen atoms in total. The van der Waals surface area contributed by atoms with Gasteiger partial charge in [0.15, 0.2) is 0 Å². The minimum Gasteiger partial charge on any atom is -0.478 e. The van der Waals surface area contributed by atoms with Crippen LogP contribution in [0.2, 0.25) is 5.02 Å². The van der Waals surface area contributed by atoms with Gasteiger partial charge in [0.2, 0.25) is 6.10 Å². The Hall–Kier alpha value is -2.53. The number of hydrogen-bond donors (Lipinski definition) is 1. The van der Waals surface area contributed by atoms with Crippen molar-refractivity contribution >= 4 is 28.5 Å². The van der Waals surface area contributed by atoms with Crippen LogP contribution in [0.1, 0.15) is 43.3 Å². The van der Waals surface area contributed by atoms with E-state index in [9.17, 15) is 9.90 Å². The zero-order valence-electron chi connectivity index (χ0n) is 14.7. The van der Waals surface area contributed by atoms with E-state index in [-0.39, 0.29) is 0 Å². The van der Waals surface area contributed by atoms with Crippen LogP contribution in [0, 0.1) is 0 Å². The first-order chi connectivity index (χ1) is 12.6. The number of carboxylic acids is 1. The van der Waals surface area contributed by atoms with Gasteiger partial charge in [0.1, 0.15) is 17.0 Å². The summed E-state index contributed by atoms with van der Waals surface area (Å²) in [7, 11) is 0. The summed E-state index contributed by atoms with van der Waals surface area (Å²) in [5, 5.41) is 15.0. The molecule has 0 amide bonds. The molecule has 0 spiro atoms. The Balaban J connectivity index is 2.12. The Bertz CT molecular complexity index is 920. The Kier molecular flexibility index (Phi) is 5.47. The number of halogens is 1. The molecule has 1 N–H and O–H groups in total. The highest BCUT2D eigenvalue weighted by atomic mass is 35.5. The first-order valence-electron chi connectivity index (χ1n) is 8.60. The SMILES string of the molecule is CCCc1c(OC(C(=O)O)c2ccccc2)c(Cl)cc2c(CC)onc12. The molecule has 0 aliphatic carbocycles. The van der Waals surface area contributed by atoms with Gasteiger partial charge < -0.3 is 14.4 Å². The standard InChI is InChI=1S/C20H20ClNO4/c1-3-8-13-17-14(16(4-2)26-22-17)11-15(21)19(13)25-18(20(23)24)12-9-6-5-7-10-12/h5-7,9-11,18H,3-4,8H2,1-2H3,(H,23,24). The second-order valence-corrected chi connectivity index (χ2v) is 6.43. The molecule has 3 rings (SSSR count). The van der Waals surface area contributed by atoms with E-state index in [1.165, 1.54) is 0 Å². The summed E-state index contributed by atoms with van der Waals surface area (Å²) in [5.74, 6) is 0.0288. The number of aliphatic carboxylic acids is 1. The highest BCUT2D eigenvalue weighted by Gasteiger charge is 2.26. The van der Waals surface area contributed by atoms with Crippen LogP contribution in [0.25, 0.3) is 10.9 Å². The van der Waals surface area contributed by atoms with Crippen LogP contribution in [-0.2, 0) is 17.6 Å². The van der Waals surface area contributed by atoms with Crippen LogP contribution >= 0.6 is 11.6 Å². The maximum absolute atomic E-state index is 11.8. The van der Waals surface area contributed by atoms with E-state index in [1.807, 2.05) is 19.9 Å². The predicted molar refractivity (Wildman–Crippen MR) is 99.8 cm³/mol. The van der Waals surface area contributed by atoms with Crippen LogP contribution in [0.5, 0.6) is 5.75 Å². The maximum atomic E-state index is 11.8. The minimum absolute atomic E-state index is 0.355. The quantitative estimate of drug-likeness (QED) is 0.616. The lowest BCUT2D eigenvalue weighted by Crippen LogP contribution is -2.19. The number of rotatable bonds is 7. The van der Waals surface area contributed by atoms with Crippen LogP contribution < -0.4 is 4.74 Å². The molecular formula is C20H20ClNO4. The summed E-state index contributed by atoms with van der Waals surface area (Å²) in [6.07, 6.45) is 1.03. The van der Waals surface area contributed by atoms with E-state index in [4.69, 9.17) is 20.9 Å². The Morgan fingerprint density at radius 3 is 2.65 bits per heavy atom. The highest BCUT2D eigenvalue weighted by Crippen LogP contribution is 2.39. The van der Waals surface area contributed by atoms with Crippen molar-refractivity contribution in [3.63, 3.8) is 0 Å². The fraction of sp³-hybridized carbons (Fsp3) is 0.300. The molecule has 3 aromatic rings. The summed E-state index contributed by atoms with van der Waals surface area (Å²) < 4.78 is 11.3. The van der Waals surface area contributed by atoms with Crippen molar-refractivity contribution in [1.29, 1.82) is 0 Å². The number of aryl methyl sites for hydroxylation is 2. The molecule has 1 aromatic heterocycles. The molecule has 1 unspecified atom stereocenters. The Morgan fingerprint density at radius 1 is 1.31 bits per heavy atom. The normalized spacial score (nSPS) is 12.3. The summed E-state index contributed by atoms with van der Waals surface area (Å²) in [5.41, 5.74) is 2.01. The zero-order valence-corrected chi connectivity index (χ0v) is 15.4. The van der Waals surface area contributed by atoms with Gasteiger partial charge in [-0.15, -0.1) is 0 Å². The molecule has 0 saturated carbocycles. The van der Waals surface area contributed by atoms with Crippen molar-refractivity contribution in [2.75, 3.05) is 0 Å². The molecule has 0 aliphatic heterocycles. The third-order valence-corrected chi connectivity index (χ3v) is 4.51. The predicted octanol–water partition coefficient (Wildman–Crippen LogP) is 5.20. The summed E-state index contributed by atoms with van der Waals surface area (Å²) >= 11 is 6.48. The summed E-state index contributed by atoms with van der Waals surface area (Å²) in [6.45, 7) is 4.01. The van der Waals surface area contributed by atoms with Crippen molar-refractivity contribution in [1.82, 2.24) is 5.16 Å². The number of carboxylic acid groups (broad SMARTS) is 1. The molecule has 1 atom stereocenters. The Morgan fingerprint density at radius 2 is 2.04 bits per heavy atom. The number of aromatic nitrogens is 1. The monoisotopic (exact) mass is 373 g/mol. The summed E-state index contributed by atoms with van der Waals surface area (Å²) in [4.78, 5) is 11.8. The summed E-state index contributed by atoms with van der Waals surface area (Å²) in [6, 6.07) is 10.6. The number of ether oxygens (including phenoxy) is 1. The molecule has 0 bridgehead atoms. The third kappa shape index (κ3) is 3.40.